The molecule has 0 fully saturated rings. The van der Waals surface area contributed by atoms with E-state index in [-0.39, 0.29) is 0 Å². The summed E-state index contributed by atoms with van der Waals surface area (Å²) in [5, 5.41) is 9.06. The molecule has 0 amide bonds. The van der Waals surface area contributed by atoms with E-state index in [1.165, 1.54) is 16.4 Å². The first kappa shape index (κ1) is 17.2. The van der Waals surface area contributed by atoms with Crippen LogP contribution in [-0.2, 0) is 5.75 Å². The third-order valence-corrected chi connectivity index (χ3v) is 4.63. The highest BCUT2D eigenvalue weighted by Gasteiger charge is 2.13. The third kappa shape index (κ3) is 3.88. The molecule has 0 radical (unpaired) electrons. The second-order valence-electron chi connectivity index (χ2n) is 5.23. The van der Waals surface area contributed by atoms with Crippen LogP contribution in [0.4, 0.5) is 0 Å². The molecule has 3 aromatic rings. The Labute approximate surface area is 150 Å². The molecule has 0 aliphatic rings. The first-order valence-corrected chi connectivity index (χ1v) is 8.90. The molecule has 6 nitrogen and oxygen atoms in total. The average Bonchev–Trinajstić information content (AvgIpc) is 3.02. The summed E-state index contributed by atoms with van der Waals surface area (Å²) < 4.78 is 12.3. The van der Waals surface area contributed by atoms with Gasteiger partial charge in [0.1, 0.15) is 11.5 Å². The second-order valence-corrected chi connectivity index (χ2v) is 6.18. The van der Waals surface area contributed by atoms with Gasteiger partial charge in [-0.1, -0.05) is 30.0 Å². The molecule has 1 heterocycles. The van der Waals surface area contributed by atoms with Gasteiger partial charge >= 0.3 is 0 Å². The summed E-state index contributed by atoms with van der Waals surface area (Å²) in [4.78, 5) is 0. The Balaban J connectivity index is 1.74. The zero-order valence-corrected chi connectivity index (χ0v) is 15.0. The van der Waals surface area contributed by atoms with Gasteiger partial charge in [0.2, 0.25) is 5.16 Å². The van der Waals surface area contributed by atoms with E-state index in [4.69, 9.17) is 15.3 Å². The Bertz CT molecular complexity index is 833. The molecule has 0 bridgehead atoms. The Kier molecular flexibility index (Phi) is 5.45. The van der Waals surface area contributed by atoms with Crippen molar-refractivity contribution in [1.29, 1.82) is 0 Å². The zero-order valence-electron chi connectivity index (χ0n) is 14.2. The lowest BCUT2D eigenvalue weighted by Crippen LogP contribution is -2.11. The van der Waals surface area contributed by atoms with Gasteiger partial charge in [-0.25, -0.2) is 4.68 Å². The molecule has 0 unspecified atom stereocenters. The lowest BCUT2D eigenvalue weighted by Gasteiger charge is -2.08. The number of aromatic nitrogens is 3. The Hall–Kier alpha value is -2.67. The normalized spacial score (nSPS) is 10.6. The number of methoxy groups -OCH3 is 1. The second kappa shape index (κ2) is 7.94. The van der Waals surface area contributed by atoms with Gasteiger partial charge in [0.25, 0.3) is 0 Å². The van der Waals surface area contributed by atoms with Crippen LogP contribution in [0.3, 0.4) is 0 Å². The van der Waals surface area contributed by atoms with Gasteiger partial charge in [-0.05, 0) is 37.3 Å². The number of rotatable bonds is 7. The number of nitrogens with zero attached hydrogens (tertiary/aromatic N) is 3. The first-order valence-electron chi connectivity index (χ1n) is 7.91. The topological polar surface area (TPSA) is 75.2 Å². The SMILES string of the molecule is CCOc1ccc(-c2nnc(SCc3ccccc3OC)n2N)cc1. The molecular weight excluding hydrogens is 336 g/mol. The van der Waals surface area contributed by atoms with Crippen LogP contribution in [0.25, 0.3) is 11.4 Å². The van der Waals surface area contributed by atoms with Crippen LogP contribution in [0.5, 0.6) is 11.5 Å². The summed E-state index contributed by atoms with van der Waals surface area (Å²) in [6, 6.07) is 15.5. The van der Waals surface area contributed by atoms with Crippen molar-refractivity contribution in [3.8, 4) is 22.9 Å². The van der Waals surface area contributed by atoms with Gasteiger partial charge < -0.3 is 15.3 Å². The molecule has 2 N–H and O–H groups in total. The maximum atomic E-state index is 6.18. The van der Waals surface area contributed by atoms with E-state index >= 15 is 0 Å². The number of nitrogens with two attached hydrogens (primary N) is 1. The standard InChI is InChI=1S/C18H20N4O2S/c1-3-24-15-10-8-13(9-11-15)17-20-21-18(22(17)19)25-12-14-6-4-5-7-16(14)23-2/h4-11H,3,12,19H2,1-2H3. The van der Waals surface area contributed by atoms with E-state index in [9.17, 15) is 0 Å². The van der Waals surface area contributed by atoms with Crippen LogP contribution < -0.4 is 15.3 Å². The Morgan fingerprint density at radius 3 is 2.56 bits per heavy atom. The maximum absolute atomic E-state index is 6.18. The fraction of sp³-hybridized carbons (Fsp3) is 0.222. The summed E-state index contributed by atoms with van der Waals surface area (Å²) >= 11 is 1.52. The van der Waals surface area contributed by atoms with Crippen molar-refractivity contribution in [2.75, 3.05) is 19.6 Å². The molecule has 130 valence electrons. The van der Waals surface area contributed by atoms with Gasteiger partial charge in [-0.15, -0.1) is 10.2 Å². The quantitative estimate of drug-likeness (QED) is 0.517. The lowest BCUT2D eigenvalue weighted by atomic mass is 10.2. The Morgan fingerprint density at radius 2 is 1.84 bits per heavy atom. The van der Waals surface area contributed by atoms with Gasteiger partial charge in [0.05, 0.1) is 13.7 Å². The highest BCUT2D eigenvalue weighted by molar-refractivity contribution is 7.98. The minimum Gasteiger partial charge on any atom is -0.496 e. The summed E-state index contributed by atoms with van der Waals surface area (Å²) in [5.41, 5.74) is 1.98. The van der Waals surface area contributed by atoms with Crippen molar-refractivity contribution < 1.29 is 9.47 Å². The molecule has 0 saturated heterocycles. The summed E-state index contributed by atoms with van der Waals surface area (Å²) in [6.45, 7) is 2.59. The third-order valence-electron chi connectivity index (χ3n) is 3.64. The van der Waals surface area contributed by atoms with E-state index in [2.05, 4.69) is 10.2 Å². The van der Waals surface area contributed by atoms with Crippen molar-refractivity contribution in [3.05, 3.63) is 54.1 Å². The number of hydrogen-bond acceptors (Lipinski definition) is 6. The van der Waals surface area contributed by atoms with Crippen molar-refractivity contribution in [2.24, 2.45) is 0 Å². The number of hydrogen-bond donors (Lipinski definition) is 1. The summed E-state index contributed by atoms with van der Waals surface area (Å²) in [6.07, 6.45) is 0. The van der Waals surface area contributed by atoms with Crippen LogP contribution >= 0.6 is 11.8 Å². The molecule has 25 heavy (non-hydrogen) atoms. The molecule has 1 aromatic heterocycles. The monoisotopic (exact) mass is 356 g/mol. The van der Waals surface area contributed by atoms with Crippen molar-refractivity contribution in [1.82, 2.24) is 14.9 Å². The van der Waals surface area contributed by atoms with Crippen molar-refractivity contribution in [2.45, 2.75) is 17.8 Å². The number of benzene rings is 2. The largest absolute Gasteiger partial charge is 0.496 e. The van der Waals surface area contributed by atoms with Gasteiger partial charge in [0, 0.05) is 16.9 Å². The molecule has 2 aromatic carbocycles. The molecule has 7 heteroatoms. The smallest absolute Gasteiger partial charge is 0.210 e. The Morgan fingerprint density at radius 1 is 1.08 bits per heavy atom. The number of ether oxygens (including phenoxy) is 2. The van der Waals surface area contributed by atoms with Crippen LogP contribution in [0, 0.1) is 0 Å². The van der Waals surface area contributed by atoms with E-state index in [1.807, 2.05) is 55.5 Å². The predicted molar refractivity (Wildman–Crippen MR) is 99.3 cm³/mol. The fourth-order valence-corrected chi connectivity index (χ4v) is 3.25. The summed E-state index contributed by atoms with van der Waals surface area (Å²) in [7, 11) is 1.67. The summed E-state index contributed by atoms with van der Waals surface area (Å²) in [5.74, 6) is 9.16. The van der Waals surface area contributed by atoms with Gasteiger partial charge in [-0.3, -0.25) is 0 Å². The van der Waals surface area contributed by atoms with E-state index < -0.39 is 0 Å². The zero-order chi connectivity index (χ0) is 17.6. The molecule has 3 rings (SSSR count). The molecule has 0 atom stereocenters. The molecule has 0 spiro atoms. The molecular formula is C18H20N4O2S. The molecule has 0 aliphatic heterocycles. The molecule has 0 aliphatic carbocycles. The number of nitrogen functional groups attached to an aromatic ring is 1. The lowest BCUT2D eigenvalue weighted by molar-refractivity contribution is 0.340. The maximum Gasteiger partial charge on any atom is 0.210 e. The fourth-order valence-electron chi connectivity index (χ4n) is 2.40. The van der Waals surface area contributed by atoms with E-state index in [0.717, 1.165) is 22.6 Å². The van der Waals surface area contributed by atoms with Crippen molar-refractivity contribution in [3.63, 3.8) is 0 Å². The molecule has 0 saturated carbocycles. The highest BCUT2D eigenvalue weighted by atomic mass is 32.2. The van der Waals surface area contributed by atoms with Crippen molar-refractivity contribution >= 4 is 11.8 Å². The average molecular weight is 356 g/mol. The minimum absolute atomic E-state index is 0.616. The van der Waals surface area contributed by atoms with E-state index in [0.29, 0.717) is 23.3 Å². The van der Waals surface area contributed by atoms with Crippen LogP contribution in [0.15, 0.2) is 53.7 Å². The predicted octanol–water partition coefficient (Wildman–Crippen LogP) is 3.36. The van der Waals surface area contributed by atoms with E-state index in [1.54, 1.807) is 7.11 Å². The number of thioether (sulfide) groups is 1. The van der Waals surface area contributed by atoms with Crippen LogP contribution in [-0.4, -0.2) is 28.6 Å². The van der Waals surface area contributed by atoms with Crippen LogP contribution in [0.1, 0.15) is 12.5 Å². The number of para-hydroxylation sites is 1. The van der Waals surface area contributed by atoms with Gasteiger partial charge in [0.15, 0.2) is 5.82 Å². The minimum atomic E-state index is 0.616. The van der Waals surface area contributed by atoms with Crippen LogP contribution in [0.2, 0.25) is 0 Å². The highest BCUT2D eigenvalue weighted by Crippen LogP contribution is 2.28. The first-order chi connectivity index (χ1) is 12.2. The van der Waals surface area contributed by atoms with Gasteiger partial charge in [-0.2, -0.15) is 0 Å².